The first-order chi connectivity index (χ1) is 14.7. The van der Waals surface area contributed by atoms with Crippen LogP contribution < -0.4 is 5.56 Å². The molecule has 1 aromatic carbocycles. The molecular formula is C21H26N6O3. The van der Waals surface area contributed by atoms with E-state index in [1.165, 1.54) is 0 Å². The van der Waals surface area contributed by atoms with Crippen LogP contribution in [0, 0.1) is 6.92 Å². The minimum Gasteiger partial charge on any atom is -0.379 e. The number of fused-ring (bicyclic) bond motifs is 1. The summed E-state index contributed by atoms with van der Waals surface area (Å²) >= 11 is 0. The summed E-state index contributed by atoms with van der Waals surface area (Å²) < 4.78 is 13.1. The van der Waals surface area contributed by atoms with E-state index in [4.69, 9.17) is 9.47 Å². The van der Waals surface area contributed by atoms with Gasteiger partial charge in [0.1, 0.15) is 6.04 Å². The second-order valence-electron chi connectivity index (χ2n) is 8.00. The lowest BCUT2D eigenvalue weighted by Crippen LogP contribution is -2.42. The van der Waals surface area contributed by atoms with Crippen LogP contribution in [-0.2, 0) is 16.0 Å². The van der Waals surface area contributed by atoms with E-state index in [9.17, 15) is 4.79 Å². The van der Waals surface area contributed by atoms with Crippen molar-refractivity contribution >= 4 is 10.9 Å². The zero-order chi connectivity index (χ0) is 20.5. The first-order valence-corrected chi connectivity index (χ1v) is 10.5. The molecule has 0 aliphatic carbocycles. The summed E-state index contributed by atoms with van der Waals surface area (Å²) in [6, 6.07) is 7.66. The molecule has 2 aliphatic rings. The van der Waals surface area contributed by atoms with Crippen LogP contribution in [0.2, 0.25) is 0 Å². The average Bonchev–Trinajstić information content (AvgIpc) is 3.43. The quantitative estimate of drug-likeness (QED) is 0.679. The monoisotopic (exact) mass is 410 g/mol. The van der Waals surface area contributed by atoms with E-state index in [0.29, 0.717) is 44.2 Å². The minimum atomic E-state index is -0.348. The number of benzene rings is 1. The molecule has 30 heavy (non-hydrogen) atoms. The highest BCUT2D eigenvalue weighted by atomic mass is 16.5. The van der Waals surface area contributed by atoms with Gasteiger partial charge in [0, 0.05) is 25.3 Å². The number of nitrogens with zero attached hydrogens (tertiary/aromatic N) is 5. The van der Waals surface area contributed by atoms with E-state index in [1.807, 2.05) is 31.2 Å². The van der Waals surface area contributed by atoms with Crippen molar-refractivity contribution in [1.82, 2.24) is 30.1 Å². The topological polar surface area (TPSA) is 98.2 Å². The van der Waals surface area contributed by atoms with E-state index in [0.717, 1.165) is 35.9 Å². The molecule has 158 valence electrons. The molecule has 4 heterocycles. The molecule has 2 fully saturated rings. The summed E-state index contributed by atoms with van der Waals surface area (Å²) in [6.45, 7) is 6.03. The maximum atomic E-state index is 13.2. The van der Waals surface area contributed by atoms with Gasteiger partial charge in [0.05, 0.1) is 31.4 Å². The largest absolute Gasteiger partial charge is 0.379 e. The fourth-order valence-corrected chi connectivity index (χ4v) is 4.46. The molecular weight excluding hydrogens is 384 g/mol. The number of aromatic amines is 1. The molecule has 2 aromatic heterocycles. The number of para-hydroxylation sites is 1. The Morgan fingerprint density at radius 3 is 2.93 bits per heavy atom. The fourth-order valence-electron chi connectivity index (χ4n) is 4.46. The third kappa shape index (κ3) is 3.64. The number of aryl methyl sites for hydroxylation is 1. The summed E-state index contributed by atoms with van der Waals surface area (Å²) in [7, 11) is 0. The Morgan fingerprint density at radius 2 is 2.13 bits per heavy atom. The molecule has 0 saturated carbocycles. The Bertz CT molecular complexity index is 1080. The van der Waals surface area contributed by atoms with Crippen molar-refractivity contribution in [2.75, 3.05) is 32.9 Å². The summed E-state index contributed by atoms with van der Waals surface area (Å²) in [5.74, 6) is 0.671. The molecule has 3 aromatic rings. The van der Waals surface area contributed by atoms with Gasteiger partial charge in [0.2, 0.25) is 0 Å². The molecule has 9 heteroatoms. The second-order valence-corrected chi connectivity index (χ2v) is 8.00. The minimum absolute atomic E-state index is 0.107. The smallest absolute Gasteiger partial charge is 0.253 e. The van der Waals surface area contributed by atoms with Gasteiger partial charge >= 0.3 is 0 Å². The van der Waals surface area contributed by atoms with Gasteiger partial charge in [-0.3, -0.25) is 9.69 Å². The predicted octanol–water partition coefficient (Wildman–Crippen LogP) is 1.42. The first-order valence-electron chi connectivity index (χ1n) is 10.5. The Labute approximate surface area is 174 Å². The zero-order valence-corrected chi connectivity index (χ0v) is 17.1. The van der Waals surface area contributed by atoms with Crippen molar-refractivity contribution in [2.24, 2.45) is 0 Å². The van der Waals surface area contributed by atoms with E-state index in [2.05, 4.69) is 25.4 Å². The van der Waals surface area contributed by atoms with Gasteiger partial charge in [0.25, 0.3) is 5.56 Å². The van der Waals surface area contributed by atoms with Crippen molar-refractivity contribution in [3.05, 3.63) is 51.6 Å². The van der Waals surface area contributed by atoms with Gasteiger partial charge in [0.15, 0.2) is 5.82 Å². The second kappa shape index (κ2) is 8.25. The third-order valence-corrected chi connectivity index (χ3v) is 6.03. The van der Waals surface area contributed by atoms with Gasteiger partial charge in [-0.05, 0) is 47.2 Å². The molecule has 0 bridgehead atoms. The van der Waals surface area contributed by atoms with Crippen LogP contribution in [0.4, 0.5) is 0 Å². The Balaban J connectivity index is 1.60. The lowest BCUT2D eigenvalue weighted by molar-refractivity contribution is 0.0205. The lowest BCUT2D eigenvalue weighted by atomic mass is 10.0. The van der Waals surface area contributed by atoms with Crippen molar-refractivity contribution in [2.45, 2.75) is 38.5 Å². The van der Waals surface area contributed by atoms with Crippen LogP contribution in [0.15, 0.2) is 29.1 Å². The van der Waals surface area contributed by atoms with Crippen molar-refractivity contribution < 1.29 is 9.47 Å². The molecule has 2 saturated heterocycles. The molecule has 0 unspecified atom stereocenters. The Kier molecular flexibility index (Phi) is 5.32. The first kappa shape index (κ1) is 19.3. The highest BCUT2D eigenvalue weighted by Gasteiger charge is 2.32. The van der Waals surface area contributed by atoms with Crippen LogP contribution in [0.25, 0.3) is 10.9 Å². The van der Waals surface area contributed by atoms with Crippen LogP contribution >= 0.6 is 0 Å². The number of hydrogen-bond acceptors (Lipinski definition) is 7. The van der Waals surface area contributed by atoms with E-state index < -0.39 is 0 Å². The molecule has 5 rings (SSSR count). The maximum Gasteiger partial charge on any atom is 0.253 e. The number of aromatic nitrogens is 5. The summed E-state index contributed by atoms with van der Waals surface area (Å²) in [6.07, 6.45) is 2.16. The summed E-state index contributed by atoms with van der Waals surface area (Å²) in [5.41, 5.74) is 2.45. The number of ether oxygens (including phenoxy) is 2. The van der Waals surface area contributed by atoms with Crippen LogP contribution in [0.5, 0.6) is 0 Å². The lowest BCUT2D eigenvalue weighted by Gasteiger charge is -2.33. The summed E-state index contributed by atoms with van der Waals surface area (Å²) in [5, 5.41) is 13.5. The van der Waals surface area contributed by atoms with Crippen molar-refractivity contribution in [1.29, 1.82) is 0 Å². The molecule has 2 aliphatic heterocycles. The van der Waals surface area contributed by atoms with Gasteiger partial charge in [-0.15, -0.1) is 5.10 Å². The molecule has 2 atom stereocenters. The van der Waals surface area contributed by atoms with Gasteiger partial charge in [-0.1, -0.05) is 18.2 Å². The molecule has 0 radical (unpaired) electrons. The SMILES string of the molecule is Cc1cccc2cc([C@H](c3nnnn3C[C@H]3CCCO3)N3CCOCC3)c(=O)[nH]c12. The maximum absolute atomic E-state index is 13.2. The highest BCUT2D eigenvalue weighted by molar-refractivity contribution is 5.82. The predicted molar refractivity (Wildman–Crippen MR) is 110 cm³/mol. The molecule has 1 N–H and O–H groups in total. The third-order valence-electron chi connectivity index (χ3n) is 6.03. The van der Waals surface area contributed by atoms with Crippen molar-refractivity contribution in [3.63, 3.8) is 0 Å². The number of pyridine rings is 1. The van der Waals surface area contributed by atoms with Crippen LogP contribution in [0.1, 0.15) is 35.8 Å². The van der Waals surface area contributed by atoms with E-state index in [1.54, 1.807) is 4.68 Å². The van der Waals surface area contributed by atoms with Crippen LogP contribution in [0.3, 0.4) is 0 Å². The van der Waals surface area contributed by atoms with E-state index in [-0.39, 0.29) is 17.7 Å². The normalized spacial score (nSPS) is 21.3. The fraction of sp³-hybridized carbons (Fsp3) is 0.524. The highest BCUT2D eigenvalue weighted by Crippen LogP contribution is 2.28. The van der Waals surface area contributed by atoms with Crippen LogP contribution in [-0.4, -0.2) is 69.1 Å². The molecule has 0 amide bonds. The Hall–Kier alpha value is -2.62. The van der Waals surface area contributed by atoms with Crippen molar-refractivity contribution in [3.8, 4) is 0 Å². The number of nitrogens with one attached hydrogen (secondary N) is 1. The Morgan fingerprint density at radius 1 is 1.27 bits per heavy atom. The standard InChI is InChI=1S/C21H26N6O3/c1-14-4-2-5-15-12-17(21(28)22-18(14)15)19(26-7-10-29-11-8-26)20-23-24-25-27(20)13-16-6-3-9-30-16/h2,4-5,12,16,19H,3,6-11,13H2,1H3,(H,22,28)/t16-,19-/m1/s1. The number of morpholine rings is 1. The number of rotatable bonds is 5. The molecule has 9 nitrogen and oxygen atoms in total. The van der Waals surface area contributed by atoms with Gasteiger partial charge in [-0.2, -0.15) is 0 Å². The molecule has 0 spiro atoms. The van der Waals surface area contributed by atoms with Gasteiger partial charge < -0.3 is 14.5 Å². The zero-order valence-electron chi connectivity index (χ0n) is 17.1. The number of tetrazole rings is 1. The summed E-state index contributed by atoms with van der Waals surface area (Å²) in [4.78, 5) is 18.5. The number of H-pyrrole nitrogens is 1. The average molecular weight is 410 g/mol. The van der Waals surface area contributed by atoms with E-state index >= 15 is 0 Å². The number of hydrogen-bond donors (Lipinski definition) is 1. The van der Waals surface area contributed by atoms with Gasteiger partial charge in [-0.25, -0.2) is 4.68 Å².